The van der Waals surface area contributed by atoms with E-state index in [1.54, 1.807) is 0 Å². The Morgan fingerprint density at radius 2 is 1.80 bits per heavy atom. The zero-order valence-electron chi connectivity index (χ0n) is 10.8. The van der Waals surface area contributed by atoms with E-state index in [1.165, 1.54) is 12.8 Å². The second-order valence-electron chi connectivity index (χ2n) is 7.39. The Bertz CT molecular complexity index is 249. The summed E-state index contributed by atoms with van der Waals surface area (Å²) in [5.41, 5.74) is 0.697. The second-order valence-corrected chi connectivity index (χ2v) is 7.39. The summed E-state index contributed by atoms with van der Waals surface area (Å²) in [5, 5.41) is 0. The summed E-state index contributed by atoms with van der Waals surface area (Å²) in [6, 6.07) is 0. The van der Waals surface area contributed by atoms with Gasteiger partial charge in [0, 0.05) is 0 Å². The van der Waals surface area contributed by atoms with Gasteiger partial charge in [-0.15, -0.1) is 0 Å². The van der Waals surface area contributed by atoms with Gasteiger partial charge in [-0.1, -0.05) is 34.6 Å². The molecule has 3 fully saturated rings. The zero-order valence-corrected chi connectivity index (χ0v) is 10.8. The average Bonchev–Trinajstić information content (AvgIpc) is 2.14. The first-order chi connectivity index (χ1) is 6.78. The third-order valence-electron chi connectivity index (χ3n) is 5.41. The largest absolute Gasteiger partial charge is 0.251 e. The van der Waals surface area contributed by atoms with Crippen LogP contribution in [0.1, 0.15) is 47.5 Å². The normalized spacial score (nSPS) is 43.6. The summed E-state index contributed by atoms with van der Waals surface area (Å²) < 4.78 is 13.3. The second kappa shape index (κ2) is 3.21. The number of hydrogen-bond donors (Lipinski definition) is 0. The predicted molar refractivity (Wildman–Crippen MR) is 62.4 cm³/mol. The SMILES string of the molecule is CC(C)(C)C1C[C@H]2C[C@@H]([C@@H]1CF)C2(C)C. The highest BCUT2D eigenvalue weighted by Crippen LogP contribution is 2.65. The van der Waals surface area contributed by atoms with Crippen LogP contribution in [0.2, 0.25) is 0 Å². The molecular formula is C14H25F. The molecule has 3 aliphatic carbocycles. The smallest absolute Gasteiger partial charge is 0.0928 e. The molecule has 0 N–H and O–H groups in total. The monoisotopic (exact) mass is 212 g/mol. The maximum Gasteiger partial charge on any atom is 0.0928 e. The fraction of sp³-hybridized carbons (Fsp3) is 1.00. The van der Waals surface area contributed by atoms with Crippen molar-refractivity contribution in [3.63, 3.8) is 0 Å². The summed E-state index contributed by atoms with van der Waals surface area (Å²) in [5.74, 6) is 2.42. The molecule has 0 aromatic heterocycles. The predicted octanol–water partition coefficient (Wildman–Crippen LogP) is 4.30. The first-order valence-electron chi connectivity index (χ1n) is 6.34. The van der Waals surface area contributed by atoms with Crippen LogP contribution in [0.25, 0.3) is 0 Å². The van der Waals surface area contributed by atoms with Crippen molar-refractivity contribution in [3.8, 4) is 0 Å². The summed E-state index contributed by atoms with van der Waals surface area (Å²) >= 11 is 0. The Labute approximate surface area is 93.6 Å². The van der Waals surface area contributed by atoms with Crippen LogP contribution in [0.5, 0.6) is 0 Å². The van der Waals surface area contributed by atoms with Crippen LogP contribution in [0.3, 0.4) is 0 Å². The quantitative estimate of drug-likeness (QED) is 0.608. The van der Waals surface area contributed by atoms with Gasteiger partial charge in [0.2, 0.25) is 0 Å². The van der Waals surface area contributed by atoms with E-state index < -0.39 is 0 Å². The highest BCUT2D eigenvalue weighted by Gasteiger charge is 2.59. The first-order valence-corrected chi connectivity index (χ1v) is 6.34. The molecule has 0 nitrogen and oxygen atoms in total. The highest BCUT2D eigenvalue weighted by atomic mass is 19.1. The van der Waals surface area contributed by atoms with Gasteiger partial charge < -0.3 is 0 Å². The van der Waals surface area contributed by atoms with E-state index in [2.05, 4.69) is 34.6 Å². The molecule has 0 radical (unpaired) electrons. The van der Waals surface area contributed by atoms with Gasteiger partial charge in [0.05, 0.1) is 6.67 Å². The molecule has 0 aliphatic heterocycles. The Morgan fingerprint density at radius 3 is 2.20 bits per heavy atom. The molecule has 0 heterocycles. The number of rotatable bonds is 1. The minimum Gasteiger partial charge on any atom is -0.251 e. The molecule has 3 aliphatic rings. The fourth-order valence-electron chi connectivity index (χ4n) is 4.16. The molecule has 3 rings (SSSR count). The van der Waals surface area contributed by atoms with Crippen molar-refractivity contribution < 1.29 is 4.39 Å². The molecule has 4 atom stereocenters. The van der Waals surface area contributed by atoms with E-state index in [-0.39, 0.29) is 12.1 Å². The van der Waals surface area contributed by atoms with E-state index in [0.717, 1.165) is 5.92 Å². The lowest BCUT2D eigenvalue weighted by Crippen LogP contribution is -2.58. The van der Waals surface area contributed by atoms with Crippen molar-refractivity contribution in [3.05, 3.63) is 0 Å². The van der Waals surface area contributed by atoms with Crippen molar-refractivity contribution >= 4 is 0 Å². The van der Waals surface area contributed by atoms with Crippen LogP contribution in [0, 0.1) is 34.5 Å². The Kier molecular flexibility index (Phi) is 2.44. The summed E-state index contributed by atoms with van der Waals surface area (Å²) in [7, 11) is 0. The van der Waals surface area contributed by atoms with Crippen molar-refractivity contribution in [1.82, 2.24) is 0 Å². The topological polar surface area (TPSA) is 0 Å². The maximum absolute atomic E-state index is 13.3. The van der Waals surface area contributed by atoms with Crippen molar-refractivity contribution in [2.75, 3.05) is 6.67 Å². The molecule has 15 heavy (non-hydrogen) atoms. The van der Waals surface area contributed by atoms with Gasteiger partial charge in [-0.3, -0.25) is 4.39 Å². The summed E-state index contributed by atoms with van der Waals surface area (Å²) in [4.78, 5) is 0. The van der Waals surface area contributed by atoms with Crippen molar-refractivity contribution in [1.29, 1.82) is 0 Å². The minimum absolute atomic E-state index is 0.108. The van der Waals surface area contributed by atoms with Gasteiger partial charge in [0.1, 0.15) is 0 Å². The van der Waals surface area contributed by atoms with Gasteiger partial charge in [-0.05, 0) is 47.3 Å². The first kappa shape index (κ1) is 11.4. The van der Waals surface area contributed by atoms with Crippen LogP contribution in [0.4, 0.5) is 4.39 Å². The lowest BCUT2D eigenvalue weighted by Gasteiger charge is -2.64. The number of fused-ring (bicyclic) bond motifs is 2. The fourth-order valence-corrected chi connectivity index (χ4v) is 4.16. The van der Waals surface area contributed by atoms with Crippen LogP contribution in [-0.2, 0) is 0 Å². The lowest BCUT2D eigenvalue weighted by atomic mass is 9.41. The molecule has 0 spiro atoms. The zero-order chi connectivity index (χ0) is 11.4. The van der Waals surface area contributed by atoms with Gasteiger partial charge in [-0.25, -0.2) is 0 Å². The molecule has 1 unspecified atom stereocenters. The molecule has 0 amide bonds. The van der Waals surface area contributed by atoms with Crippen LogP contribution in [-0.4, -0.2) is 6.67 Å². The van der Waals surface area contributed by atoms with Crippen LogP contribution < -0.4 is 0 Å². The standard InChI is InChI=1S/C14H25F/c1-13(2,3)11-6-9-7-12(10(11)8-15)14(9,4)5/h9-12H,6-8H2,1-5H3/t9-,10+,11?,12-/m0/s1. The van der Waals surface area contributed by atoms with E-state index in [1.807, 2.05) is 0 Å². The Balaban J connectivity index is 2.20. The average molecular weight is 212 g/mol. The molecule has 3 saturated carbocycles. The maximum atomic E-state index is 13.3. The molecule has 1 heteroatoms. The van der Waals surface area contributed by atoms with Gasteiger partial charge in [-0.2, -0.15) is 0 Å². The van der Waals surface area contributed by atoms with Gasteiger partial charge >= 0.3 is 0 Å². The molecule has 0 aromatic rings. The number of halogens is 1. The lowest BCUT2D eigenvalue weighted by molar-refractivity contribution is -0.161. The molecule has 88 valence electrons. The van der Waals surface area contributed by atoms with E-state index in [9.17, 15) is 4.39 Å². The molecular weight excluding hydrogens is 187 g/mol. The molecule has 0 aromatic carbocycles. The third-order valence-corrected chi connectivity index (χ3v) is 5.41. The number of hydrogen-bond acceptors (Lipinski definition) is 0. The van der Waals surface area contributed by atoms with Gasteiger partial charge in [0.25, 0.3) is 0 Å². The Morgan fingerprint density at radius 1 is 1.20 bits per heavy atom. The van der Waals surface area contributed by atoms with Crippen molar-refractivity contribution in [2.24, 2.45) is 34.5 Å². The molecule has 2 bridgehead atoms. The van der Waals surface area contributed by atoms with E-state index in [0.29, 0.717) is 23.2 Å². The minimum atomic E-state index is -0.108. The van der Waals surface area contributed by atoms with E-state index >= 15 is 0 Å². The summed E-state index contributed by atoms with van der Waals surface area (Å²) in [6.07, 6.45) is 2.54. The summed E-state index contributed by atoms with van der Waals surface area (Å²) in [6.45, 7) is 11.4. The van der Waals surface area contributed by atoms with E-state index in [4.69, 9.17) is 0 Å². The third kappa shape index (κ3) is 1.54. The number of alkyl halides is 1. The highest BCUT2D eigenvalue weighted by molar-refractivity contribution is 5.07. The van der Waals surface area contributed by atoms with Gasteiger partial charge in [0.15, 0.2) is 0 Å². The van der Waals surface area contributed by atoms with Crippen molar-refractivity contribution in [2.45, 2.75) is 47.5 Å². The van der Waals surface area contributed by atoms with Crippen LogP contribution in [0.15, 0.2) is 0 Å². The molecule has 0 saturated heterocycles. The van der Waals surface area contributed by atoms with Crippen LogP contribution >= 0.6 is 0 Å². The Hall–Kier alpha value is -0.0700.